The fourth-order valence-corrected chi connectivity index (χ4v) is 2.88. The maximum atomic E-state index is 12.0. The smallest absolute Gasteiger partial charge is 0.314 e. The van der Waals surface area contributed by atoms with E-state index in [0.717, 1.165) is 17.4 Å². The molecule has 3 rings (SSSR count). The Labute approximate surface area is 137 Å². The number of amides is 2. The number of nitrogens with zero attached hydrogens (tertiary/aromatic N) is 1. The molecule has 1 aliphatic heterocycles. The van der Waals surface area contributed by atoms with Gasteiger partial charge in [-0.05, 0) is 45.0 Å². The molecule has 2 N–H and O–H groups in total. The summed E-state index contributed by atoms with van der Waals surface area (Å²) in [5.41, 5.74) is 0. The van der Waals surface area contributed by atoms with E-state index >= 15 is 0 Å². The van der Waals surface area contributed by atoms with E-state index in [1.54, 1.807) is 0 Å². The summed E-state index contributed by atoms with van der Waals surface area (Å²) in [6.45, 7) is 1.55. The number of para-hydroxylation sites is 2. The van der Waals surface area contributed by atoms with Gasteiger partial charge in [0.25, 0.3) is 0 Å². The van der Waals surface area contributed by atoms with E-state index in [9.17, 15) is 4.79 Å². The number of nitrogens with one attached hydrogen (secondary N) is 2. The number of rotatable bonds is 6. The van der Waals surface area contributed by atoms with Crippen LogP contribution in [-0.4, -0.2) is 56.9 Å². The lowest BCUT2D eigenvalue weighted by molar-refractivity contribution is 0.0917. The number of carbonyl (C=O) groups excluding carboxylic acids is 1. The summed E-state index contributed by atoms with van der Waals surface area (Å²) >= 11 is 0. The zero-order chi connectivity index (χ0) is 16.2. The minimum Gasteiger partial charge on any atom is -0.486 e. The van der Waals surface area contributed by atoms with E-state index in [2.05, 4.69) is 29.6 Å². The Morgan fingerprint density at radius 2 is 2.00 bits per heavy atom. The minimum absolute atomic E-state index is 0.153. The second kappa shape index (κ2) is 7.08. The number of urea groups is 1. The Hall–Kier alpha value is -1.95. The highest BCUT2D eigenvalue weighted by molar-refractivity contribution is 5.73. The summed E-state index contributed by atoms with van der Waals surface area (Å²) in [6.07, 6.45) is 2.36. The molecule has 1 saturated carbocycles. The molecule has 6 heteroatoms. The molecule has 0 aromatic heterocycles. The van der Waals surface area contributed by atoms with E-state index in [1.807, 2.05) is 24.3 Å². The molecular weight excluding hydrogens is 294 g/mol. The van der Waals surface area contributed by atoms with Gasteiger partial charge in [-0.3, -0.25) is 0 Å². The van der Waals surface area contributed by atoms with Crippen LogP contribution in [0.2, 0.25) is 0 Å². The number of ether oxygens (including phenoxy) is 2. The first kappa shape index (κ1) is 15.9. The van der Waals surface area contributed by atoms with Crippen LogP contribution in [0.15, 0.2) is 24.3 Å². The zero-order valence-corrected chi connectivity index (χ0v) is 13.7. The molecule has 0 spiro atoms. The molecule has 6 nitrogen and oxygen atoms in total. The fraction of sp³-hybridized carbons (Fsp3) is 0.588. The first-order chi connectivity index (χ1) is 11.1. The van der Waals surface area contributed by atoms with E-state index in [0.29, 0.717) is 25.7 Å². The predicted octanol–water partition coefficient (Wildman–Crippen LogP) is 1.47. The summed E-state index contributed by atoms with van der Waals surface area (Å²) in [6, 6.07) is 7.84. The van der Waals surface area contributed by atoms with Crippen molar-refractivity contribution in [2.24, 2.45) is 5.92 Å². The van der Waals surface area contributed by atoms with Crippen LogP contribution in [0.25, 0.3) is 0 Å². The summed E-state index contributed by atoms with van der Waals surface area (Å²) < 4.78 is 11.5. The monoisotopic (exact) mass is 319 g/mol. The van der Waals surface area contributed by atoms with Gasteiger partial charge in [0.2, 0.25) is 0 Å². The van der Waals surface area contributed by atoms with Crippen molar-refractivity contribution in [3.8, 4) is 11.5 Å². The molecule has 1 fully saturated rings. The lowest BCUT2D eigenvalue weighted by atomic mass is 10.1. The van der Waals surface area contributed by atoms with Crippen molar-refractivity contribution in [2.45, 2.75) is 25.0 Å². The van der Waals surface area contributed by atoms with Crippen molar-refractivity contribution in [1.82, 2.24) is 15.5 Å². The maximum absolute atomic E-state index is 12.0. The van der Waals surface area contributed by atoms with Gasteiger partial charge in [-0.25, -0.2) is 4.79 Å². The molecule has 2 aliphatic rings. The van der Waals surface area contributed by atoms with E-state index < -0.39 is 0 Å². The van der Waals surface area contributed by atoms with E-state index in [4.69, 9.17) is 9.47 Å². The van der Waals surface area contributed by atoms with Gasteiger partial charge in [0, 0.05) is 12.6 Å². The molecule has 2 atom stereocenters. The third-order valence-corrected chi connectivity index (χ3v) is 4.36. The molecule has 0 bridgehead atoms. The van der Waals surface area contributed by atoms with Crippen LogP contribution in [0.5, 0.6) is 11.5 Å². The largest absolute Gasteiger partial charge is 0.486 e. The second-order valence-electron chi connectivity index (χ2n) is 6.46. The first-order valence-corrected chi connectivity index (χ1v) is 8.20. The zero-order valence-electron chi connectivity index (χ0n) is 13.7. The van der Waals surface area contributed by atoms with Crippen LogP contribution >= 0.6 is 0 Å². The van der Waals surface area contributed by atoms with Crippen LogP contribution in [0.1, 0.15) is 12.8 Å². The van der Waals surface area contributed by atoms with E-state index in [-0.39, 0.29) is 12.1 Å². The highest BCUT2D eigenvalue weighted by Gasteiger charge is 2.32. The van der Waals surface area contributed by atoms with Gasteiger partial charge < -0.3 is 25.0 Å². The normalized spacial score (nSPS) is 20.9. The van der Waals surface area contributed by atoms with Gasteiger partial charge >= 0.3 is 6.03 Å². The fourth-order valence-electron chi connectivity index (χ4n) is 2.88. The van der Waals surface area contributed by atoms with Crippen LogP contribution in [-0.2, 0) is 0 Å². The topological polar surface area (TPSA) is 62.8 Å². The van der Waals surface area contributed by atoms with Gasteiger partial charge in [-0.2, -0.15) is 0 Å². The third-order valence-electron chi connectivity index (χ3n) is 4.36. The summed E-state index contributed by atoms with van der Waals surface area (Å²) in [5, 5.41) is 5.82. The molecule has 0 radical (unpaired) electrons. The van der Waals surface area contributed by atoms with Crippen molar-refractivity contribution in [3.05, 3.63) is 24.3 Å². The first-order valence-electron chi connectivity index (χ1n) is 8.20. The minimum atomic E-state index is -0.163. The molecule has 1 aliphatic carbocycles. The van der Waals surface area contributed by atoms with Crippen molar-refractivity contribution < 1.29 is 14.3 Å². The third kappa shape index (κ3) is 4.28. The summed E-state index contributed by atoms with van der Waals surface area (Å²) in [7, 11) is 4.13. The second-order valence-corrected chi connectivity index (χ2v) is 6.46. The average Bonchev–Trinajstić information content (AvgIpc) is 3.37. The highest BCUT2D eigenvalue weighted by atomic mass is 16.6. The number of hydrogen-bond donors (Lipinski definition) is 2. The standard InChI is InChI=1S/C17H25N3O3/c1-20(2)14(12-7-8-12)10-19-17(21)18-9-13-11-22-15-5-3-4-6-16(15)23-13/h3-6,12-14H,7-11H2,1-2H3,(H2,18,19,21)/t13-,14-/m0/s1. The Kier molecular flexibility index (Phi) is 4.91. The van der Waals surface area contributed by atoms with Gasteiger partial charge in [-0.15, -0.1) is 0 Å². The number of fused-ring (bicyclic) bond motifs is 1. The van der Waals surface area contributed by atoms with Gasteiger partial charge in [0.15, 0.2) is 17.6 Å². The van der Waals surface area contributed by atoms with E-state index in [1.165, 1.54) is 12.8 Å². The van der Waals surface area contributed by atoms with Crippen LogP contribution < -0.4 is 20.1 Å². The Morgan fingerprint density at radius 3 is 2.70 bits per heavy atom. The van der Waals surface area contributed by atoms with Crippen LogP contribution in [0.4, 0.5) is 4.79 Å². The van der Waals surface area contributed by atoms with Crippen molar-refractivity contribution in [3.63, 3.8) is 0 Å². The molecule has 126 valence electrons. The number of hydrogen-bond acceptors (Lipinski definition) is 4. The average molecular weight is 319 g/mol. The molecule has 1 aromatic carbocycles. The molecule has 0 unspecified atom stereocenters. The van der Waals surface area contributed by atoms with Crippen molar-refractivity contribution in [1.29, 1.82) is 0 Å². The highest BCUT2D eigenvalue weighted by Crippen LogP contribution is 2.34. The number of carbonyl (C=O) groups is 1. The molecular formula is C17H25N3O3. The lowest BCUT2D eigenvalue weighted by Gasteiger charge is -2.27. The number of benzene rings is 1. The SMILES string of the molecule is CN(C)[C@@H](CNC(=O)NC[C@H]1COc2ccccc2O1)C1CC1. The molecule has 1 aromatic rings. The number of likely N-dealkylation sites (N-methyl/N-ethyl adjacent to an activating group) is 1. The molecule has 23 heavy (non-hydrogen) atoms. The maximum Gasteiger partial charge on any atom is 0.314 e. The van der Waals surface area contributed by atoms with Gasteiger partial charge in [0.1, 0.15) is 6.61 Å². The predicted molar refractivity (Wildman–Crippen MR) is 88.0 cm³/mol. The lowest BCUT2D eigenvalue weighted by Crippen LogP contribution is -2.48. The molecule has 0 saturated heterocycles. The van der Waals surface area contributed by atoms with Gasteiger partial charge in [0.05, 0.1) is 6.54 Å². The van der Waals surface area contributed by atoms with Gasteiger partial charge in [-0.1, -0.05) is 12.1 Å². The molecule has 1 heterocycles. The molecule has 2 amide bonds. The van der Waals surface area contributed by atoms with Crippen LogP contribution in [0, 0.1) is 5.92 Å². The van der Waals surface area contributed by atoms with Crippen molar-refractivity contribution in [2.75, 3.05) is 33.8 Å². The summed E-state index contributed by atoms with van der Waals surface area (Å²) in [4.78, 5) is 14.2. The Bertz CT molecular complexity index is 544. The Morgan fingerprint density at radius 1 is 1.26 bits per heavy atom. The van der Waals surface area contributed by atoms with Crippen molar-refractivity contribution >= 4 is 6.03 Å². The summed E-state index contributed by atoms with van der Waals surface area (Å²) in [5.74, 6) is 2.20. The Balaban J connectivity index is 1.39. The quantitative estimate of drug-likeness (QED) is 0.833. The van der Waals surface area contributed by atoms with Crippen LogP contribution in [0.3, 0.4) is 0 Å².